The van der Waals surface area contributed by atoms with Crippen LogP contribution in [0, 0.1) is 0 Å². The zero-order valence-corrected chi connectivity index (χ0v) is 7.33. The quantitative estimate of drug-likeness (QED) is 0.255. The molecule has 0 radical (unpaired) electrons. The number of likely N-dealkylation sites (N-methyl/N-ethyl adjacent to an activating group) is 1. The van der Waals surface area contributed by atoms with Gasteiger partial charge in [0, 0.05) is 0 Å². The molecule has 1 rings (SSSR count). The van der Waals surface area contributed by atoms with Crippen molar-refractivity contribution in [2.75, 3.05) is 7.05 Å². The molecule has 0 saturated heterocycles. The first-order valence-electron chi connectivity index (χ1n) is 4.15. The summed E-state index contributed by atoms with van der Waals surface area (Å²) in [5.74, 6) is 0. The Morgan fingerprint density at radius 2 is 1.31 bits per heavy atom. The standard InChI is InChI=1S/C7H16N2O4/c1-9-3-6(12)4(10)2(8)5(11)7(3)13/h2-7,9-13H,8H2,1H3/t2?,3?,4-,5+,6-,7-/m1/s1. The van der Waals surface area contributed by atoms with E-state index in [-0.39, 0.29) is 0 Å². The first-order valence-corrected chi connectivity index (χ1v) is 4.15. The summed E-state index contributed by atoms with van der Waals surface area (Å²) in [6, 6.07) is -1.78. The lowest BCUT2D eigenvalue weighted by molar-refractivity contribution is -0.138. The fourth-order valence-electron chi connectivity index (χ4n) is 1.63. The van der Waals surface area contributed by atoms with Crippen molar-refractivity contribution in [3.05, 3.63) is 0 Å². The van der Waals surface area contributed by atoms with Gasteiger partial charge in [0.15, 0.2) is 0 Å². The minimum Gasteiger partial charge on any atom is -0.389 e. The molecule has 0 bridgehead atoms. The molecule has 78 valence electrons. The third kappa shape index (κ3) is 1.69. The van der Waals surface area contributed by atoms with E-state index >= 15 is 0 Å². The number of nitrogens with one attached hydrogen (secondary N) is 1. The Morgan fingerprint density at radius 1 is 0.923 bits per heavy atom. The average molecular weight is 192 g/mol. The van der Waals surface area contributed by atoms with Gasteiger partial charge in [-0.1, -0.05) is 0 Å². The number of nitrogens with two attached hydrogens (primary N) is 1. The summed E-state index contributed by atoms with van der Waals surface area (Å²) in [5.41, 5.74) is 5.37. The second-order valence-electron chi connectivity index (χ2n) is 3.35. The van der Waals surface area contributed by atoms with Gasteiger partial charge in [0.05, 0.1) is 36.5 Å². The van der Waals surface area contributed by atoms with E-state index in [1.807, 2.05) is 0 Å². The van der Waals surface area contributed by atoms with Crippen LogP contribution in [0.3, 0.4) is 0 Å². The summed E-state index contributed by atoms with van der Waals surface area (Å²) < 4.78 is 0. The van der Waals surface area contributed by atoms with E-state index in [0.717, 1.165) is 0 Å². The lowest BCUT2D eigenvalue weighted by atomic mass is 9.82. The summed E-state index contributed by atoms with van der Waals surface area (Å²) in [5, 5.41) is 40.2. The second-order valence-corrected chi connectivity index (χ2v) is 3.35. The maximum atomic E-state index is 9.43. The topological polar surface area (TPSA) is 119 Å². The van der Waals surface area contributed by atoms with Crippen molar-refractivity contribution in [3.63, 3.8) is 0 Å². The van der Waals surface area contributed by atoms with Gasteiger partial charge in [-0.25, -0.2) is 0 Å². The predicted octanol–water partition coefficient (Wildman–Crippen LogP) is -3.64. The molecule has 1 aliphatic carbocycles. The van der Waals surface area contributed by atoms with Crippen molar-refractivity contribution < 1.29 is 20.4 Å². The van der Waals surface area contributed by atoms with Gasteiger partial charge >= 0.3 is 0 Å². The SMILES string of the molecule is CNC1[C@@H](O)[C@H](O)C(N)[C@H](O)[C@@H]1O. The second kappa shape index (κ2) is 3.87. The molecule has 0 heterocycles. The highest BCUT2D eigenvalue weighted by Crippen LogP contribution is 2.19. The molecule has 7 N–H and O–H groups in total. The van der Waals surface area contributed by atoms with Crippen LogP contribution >= 0.6 is 0 Å². The van der Waals surface area contributed by atoms with Crippen molar-refractivity contribution in [2.45, 2.75) is 36.5 Å². The van der Waals surface area contributed by atoms with Gasteiger partial charge in [0.25, 0.3) is 0 Å². The van der Waals surface area contributed by atoms with Gasteiger partial charge < -0.3 is 31.5 Å². The Hall–Kier alpha value is -0.240. The van der Waals surface area contributed by atoms with E-state index in [1.54, 1.807) is 0 Å². The summed E-state index contributed by atoms with van der Waals surface area (Å²) in [6.07, 6.45) is -4.79. The number of hydrogen-bond donors (Lipinski definition) is 6. The first kappa shape index (κ1) is 10.8. The van der Waals surface area contributed by atoms with E-state index in [9.17, 15) is 20.4 Å². The van der Waals surface area contributed by atoms with E-state index in [0.29, 0.717) is 0 Å². The van der Waals surface area contributed by atoms with E-state index in [1.165, 1.54) is 7.05 Å². The van der Waals surface area contributed by atoms with Crippen molar-refractivity contribution >= 4 is 0 Å². The Morgan fingerprint density at radius 3 is 1.62 bits per heavy atom. The summed E-state index contributed by atoms with van der Waals surface area (Å²) >= 11 is 0. The normalized spacial score (nSPS) is 52.2. The van der Waals surface area contributed by atoms with Crippen LogP contribution < -0.4 is 11.1 Å². The van der Waals surface area contributed by atoms with Crippen LogP contribution in [0.25, 0.3) is 0 Å². The van der Waals surface area contributed by atoms with Crippen molar-refractivity contribution in [1.29, 1.82) is 0 Å². The summed E-state index contributed by atoms with van der Waals surface area (Å²) in [7, 11) is 1.52. The number of hydrogen-bond acceptors (Lipinski definition) is 6. The molecule has 0 aliphatic heterocycles. The van der Waals surface area contributed by atoms with Gasteiger partial charge in [0.1, 0.15) is 0 Å². The fourth-order valence-corrected chi connectivity index (χ4v) is 1.63. The van der Waals surface area contributed by atoms with E-state index in [4.69, 9.17) is 5.73 Å². The van der Waals surface area contributed by atoms with Crippen molar-refractivity contribution in [2.24, 2.45) is 5.73 Å². The van der Waals surface area contributed by atoms with Crippen LogP contribution in [0.2, 0.25) is 0 Å². The first-order chi connectivity index (χ1) is 6.00. The number of rotatable bonds is 1. The Labute approximate surface area is 76.0 Å². The van der Waals surface area contributed by atoms with Gasteiger partial charge in [-0.3, -0.25) is 0 Å². The van der Waals surface area contributed by atoms with Crippen molar-refractivity contribution in [1.82, 2.24) is 5.32 Å². The highest BCUT2D eigenvalue weighted by molar-refractivity contribution is 5.03. The largest absolute Gasteiger partial charge is 0.389 e. The smallest absolute Gasteiger partial charge is 0.0994 e. The van der Waals surface area contributed by atoms with Gasteiger partial charge in [-0.05, 0) is 7.05 Å². The van der Waals surface area contributed by atoms with E-state index in [2.05, 4.69) is 5.32 Å². The maximum absolute atomic E-state index is 9.43. The van der Waals surface area contributed by atoms with Gasteiger partial charge in [0.2, 0.25) is 0 Å². The third-order valence-corrected chi connectivity index (χ3v) is 2.56. The van der Waals surface area contributed by atoms with Crippen LogP contribution in [-0.2, 0) is 0 Å². The summed E-state index contributed by atoms with van der Waals surface area (Å²) in [4.78, 5) is 0. The van der Waals surface area contributed by atoms with Crippen molar-refractivity contribution in [3.8, 4) is 0 Å². The molecule has 0 spiro atoms. The van der Waals surface area contributed by atoms with Crippen LogP contribution in [-0.4, -0.2) is 64.0 Å². The van der Waals surface area contributed by atoms with Crippen LogP contribution in [0.15, 0.2) is 0 Å². The molecule has 1 fully saturated rings. The van der Waals surface area contributed by atoms with E-state index < -0.39 is 36.5 Å². The molecule has 0 aromatic heterocycles. The molecule has 2 unspecified atom stereocenters. The molecule has 0 aromatic rings. The molecular formula is C7H16N2O4. The fraction of sp³-hybridized carbons (Fsp3) is 1.00. The average Bonchev–Trinajstić information content (AvgIpc) is 2.13. The molecule has 1 saturated carbocycles. The molecule has 0 aromatic carbocycles. The molecule has 13 heavy (non-hydrogen) atoms. The summed E-state index contributed by atoms with van der Waals surface area (Å²) in [6.45, 7) is 0. The zero-order valence-electron chi connectivity index (χ0n) is 7.33. The highest BCUT2D eigenvalue weighted by atomic mass is 16.4. The minimum absolute atomic E-state index is 0.759. The predicted molar refractivity (Wildman–Crippen MR) is 44.9 cm³/mol. The number of aliphatic hydroxyl groups excluding tert-OH is 4. The highest BCUT2D eigenvalue weighted by Gasteiger charge is 2.46. The Kier molecular flexibility index (Phi) is 3.23. The molecule has 6 atom stereocenters. The molecule has 6 heteroatoms. The number of aliphatic hydroxyl groups is 4. The lowest BCUT2D eigenvalue weighted by Crippen LogP contribution is -2.69. The van der Waals surface area contributed by atoms with Gasteiger partial charge in [-0.15, -0.1) is 0 Å². The molecule has 6 nitrogen and oxygen atoms in total. The van der Waals surface area contributed by atoms with Crippen LogP contribution in [0.1, 0.15) is 0 Å². The third-order valence-electron chi connectivity index (χ3n) is 2.56. The Balaban J connectivity index is 2.79. The maximum Gasteiger partial charge on any atom is 0.0994 e. The molecule has 0 amide bonds. The lowest BCUT2D eigenvalue weighted by Gasteiger charge is -2.42. The Bertz CT molecular complexity index is 164. The molecule has 1 aliphatic rings. The monoisotopic (exact) mass is 192 g/mol. The van der Waals surface area contributed by atoms with Gasteiger partial charge in [-0.2, -0.15) is 0 Å². The zero-order chi connectivity index (χ0) is 10.2. The van der Waals surface area contributed by atoms with Crippen LogP contribution in [0.5, 0.6) is 0 Å². The minimum atomic E-state index is -1.23. The van der Waals surface area contributed by atoms with Crippen LogP contribution in [0.4, 0.5) is 0 Å². The molecular weight excluding hydrogens is 176 g/mol.